The molecular weight excluding hydrogens is 411 g/mol. The Labute approximate surface area is 176 Å². The van der Waals surface area contributed by atoms with Gasteiger partial charge in [-0.2, -0.15) is 5.26 Å². The quantitative estimate of drug-likeness (QED) is 0.457. The Hall–Kier alpha value is -1.60. The first-order valence-corrected chi connectivity index (χ1v) is 11.2. The molecule has 11 heteroatoms. The minimum atomic E-state index is -1.49. The van der Waals surface area contributed by atoms with Crippen LogP contribution in [-0.4, -0.2) is 57.3 Å². The van der Waals surface area contributed by atoms with E-state index in [2.05, 4.69) is 43.4 Å². The van der Waals surface area contributed by atoms with E-state index in [0.29, 0.717) is 6.61 Å². The maximum absolute atomic E-state index is 12.3. The maximum atomic E-state index is 12.3. The van der Waals surface area contributed by atoms with Gasteiger partial charge in [0.05, 0.1) is 25.7 Å². The molecule has 1 aromatic heterocycles. The number of nitriles is 1. The van der Waals surface area contributed by atoms with Crippen molar-refractivity contribution in [1.29, 1.82) is 5.26 Å². The van der Waals surface area contributed by atoms with Gasteiger partial charge >= 0.3 is 5.69 Å². The lowest BCUT2D eigenvalue weighted by Gasteiger charge is -2.38. The molecule has 2 fully saturated rings. The zero-order valence-electron chi connectivity index (χ0n) is 17.9. The number of nitrogens with zero attached hydrogens (tertiary/aromatic N) is 3. The minimum Gasteiger partial charge on any atom is -0.368 e. The van der Waals surface area contributed by atoms with Crippen LogP contribution in [0.15, 0.2) is 21.9 Å². The first kappa shape index (κ1) is 23.1. The van der Waals surface area contributed by atoms with Crippen molar-refractivity contribution in [2.45, 2.75) is 77.2 Å². The van der Waals surface area contributed by atoms with Gasteiger partial charge in [-0.25, -0.2) is 9.46 Å². The SMILES string of the molecule is CC(C)N(C(C)C)P(OCCC#N)OC1C2OC[C@]1(C)O[C@H]2n1ccc(=O)[nH]c1=O. The fourth-order valence-electron chi connectivity index (χ4n) is 3.86. The minimum absolute atomic E-state index is 0.157. The molecule has 3 rings (SSSR count). The normalized spacial score (nSPS) is 29.1. The number of rotatable bonds is 9. The molecule has 2 bridgehead atoms. The predicted octanol–water partition coefficient (Wildman–Crippen LogP) is 1.88. The Balaban J connectivity index is 1.86. The van der Waals surface area contributed by atoms with E-state index >= 15 is 0 Å². The third-order valence-corrected chi connectivity index (χ3v) is 7.24. The van der Waals surface area contributed by atoms with E-state index in [4.69, 9.17) is 23.8 Å². The molecule has 0 spiro atoms. The van der Waals surface area contributed by atoms with Crippen LogP contribution < -0.4 is 11.2 Å². The Bertz CT molecular complexity index is 888. The van der Waals surface area contributed by atoms with Crippen LogP contribution in [0.25, 0.3) is 0 Å². The molecule has 166 valence electrons. The van der Waals surface area contributed by atoms with E-state index in [-0.39, 0.29) is 25.1 Å². The van der Waals surface area contributed by atoms with Crippen LogP contribution >= 0.6 is 8.53 Å². The summed E-state index contributed by atoms with van der Waals surface area (Å²) in [5.41, 5.74) is -1.81. The van der Waals surface area contributed by atoms with Gasteiger partial charge in [0.1, 0.15) is 17.8 Å². The molecule has 0 radical (unpaired) electrons. The van der Waals surface area contributed by atoms with Crippen LogP contribution in [0.5, 0.6) is 0 Å². The second-order valence-electron chi connectivity index (χ2n) is 8.19. The number of fused-ring (bicyclic) bond motifs is 2. The van der Waals surface area contributed by atoms with Crippen molar-refractivity contribution in [3.05, 3.63) is 33.1 Å². The van der Waals surface area contributed by atoms with Gasteiger partial charge in [0.15, 0.2) is 6.23 Å². The molecule has 30 heavy (non-hydrogen) atoms. The molecule has 2 aliphatic rings. The highest BCUT2D eigenvalue weighted by atomic mass is 31.2. The predicted molar refractivity (Wildman–Crippen MR) is 110 cm³/mol. The van der Waals surface area contributed by atoms with Gasteiger partial charge in [0.25, 0.3) is 14.1 Å². The van der Waals surface area contributed by atoms with Crippen molar-refractivity contribution in [2.75, 3.05) is 13.2 Å². The van der Waals surface area contributed by atoms with Crippen molar-refractivity contribution in [1.82, 2.24) is 14.2 Å². The van der Waals surface area contributed by atoms with E-state index in [0.717, 1.165) is 0 Å². The summed E-state index contributed by atoms with van der Waals surface area (Å²) in [5.74, 6) is 0. The summed E-state index contributed by atoms with van der Waals surface area (Å²) in [4.78, 5) is 25.9. The second kappa shape index (κ2) is 9.27. The van der Waals surface area contributed by atoms with Gasteiger partial charge in [-0.15, -0.1) is 0 Å². The molecular formula is C19H29N4O6P. The van der Waals surface area contributed by atoms with Crippen LogP contribution in [0, 0.1) is 11.3 Å². The van der Waals surface area contributed by atoms with Crippen molar-refractivity contribution in [2.24, 2.45) is 0 Å². The number of hydrogen-bond donors (Lipinski definition) is 1. The van der Waals surface area contributed by atoms with Crippen molar-refractivity contribution < 1.29 is 18.5 Å². The van der Waals surface area contributed by atoms with Crippen molar-refractivity contribution in [3.8, 4) is 6.07 Å². The molecule has 0 aromatic carbocycles. The highest BCUT2D eigenvalue weighted by molar-refractivity contribution is 7.44. The van der Waals surface area contributed by atoms with Gasteiger partial charge in [-0.05, 0) is 34.6 Å². The maximum Gasteiger partial charge on any atom is 0.330 e. The molecule has 3 unspecified atom stereocenters. The highest BCUT2D eigenvalue weighted by Gasteiger charge is 2.61. The summed E-state index contributed by atoms with van der Waals surface area (Å²) < 4.78 is 28.0. The average Bonchev–Trinajstić information content (AvgIpc) is 3.10. The molecule has 5 atom stereocenters. The Morgan fingerprint density at radius 2 is 2.10 bits per heavy atom. The lowest BCUT2D eigenvalue weighted by Crippen LogP contribution is -2.40. The first-order chi connectivity index (χ1) is 14.2. The standard InChI is InChI=1S/C19H29N4O6P/c1-12(2)23(13(3)4)30(27-10-6-8-20)29-16-15-17(28-19(16,5)11-26-15)22-9-7-14(24)21-18(22)25/h7,9,12-13,15-17H,6,10-11H2,1-5H3,(H,21,24,25)/t15?,16?,17-,19+,30?/m1/s1. The van der Waals surface area contributed by atoms with E-state index in [9.17, 15) is 9.59 Å². The molecule has 0 saturated carbocycles. The van der Waals surface area contributed by atoms with Gasteiger partial charge < -0.3 is 18.5 Å². The van der Waals surface area contributed by atoms with Gasteiger partial charge in [-0.3, -0.25) is 14.3 Å². The third kappa shape index (κ3) is 4.52. The topological polar surface area (TPSA) is 119 Å². The van der Waals surface area contributed by atoms with Crippen LogP contribution in [-0.2, 0) is 18.5 Å². The molecule has 0 amide bonds. The number of aromatic amines is 1. The van der Waals surface area contributed by atoms with Crippen molar-refractivity contribution >= 4 is 8.53 Å². The zero-order valence-corrected chi connectivity index (χ0v) is 18.8. The number of aromatic nitrogens is 2. The second-order valence-corrected chi connectivity index (χ2v) is 9.59. The van der Waals surface area contributed by atoms with Gasteiger partial charge in [0, 0.05) is 24.3 Å². The van der Waals surface area contributed by atoms with E-state index < -0.39 is 43.8 Å². The fourth-order valence-corrected chi connectivity index (χ4v) is 5.70. The molecule has 10 nitrogen and oxygen atoms in total. The Morgan fingerprint density at radius 3 is 2.70 bits per heavy atom. The summed E-state index contributed by atoms with van der Waals surface area (Å²) in [6.45, 7) is 10.7. The summed E-state index contributed by atoms with van der Waals surface area (Å²) in [7, 11) is -1.49. The lowest BCUT2D eigenvalue weighted by molar-refractivity contribution is -0.167. The fraction of sp³-hybridized carbons (Fsp3) is 0.737. The van der Waals surface area contributed by atoms with Crippen molar-refractivity contribution in [3.63, 3.8) is 0 Å². The first-order valence-electron chi connectivity index (χ1n) is 10.0. The molecule has 1 N–H and O–H groups in total. The van der Waals surface area contributed by atoms with E-state index in [1.54, 1.807) is 0 Å². The Morgan fingerprint density at radius 1 is 1.40 bits per heavy atom. The third-order valence-electron chi connectivity index (χ3n) is 5.13. The highest BCUT2D eigenvalue weighted by Crippen LogP contribution is 2.54. The Kier molecular flexibility index (Phi) is 7.13. The van der Waals surface area contributed by atoms with Crippen LogP contribution in [0.3, 0.4) is 0 Å². The van der Waals surface area contributed by atoms with E-state index in [1.165, 1.54) is 16.8 Å². The smallest absolute Gasteiger partial charge is 0.330 e. The zero-order chi connectivity index (χ0) is 22.1. The summed E-state index contributed by atoms with van der Waals surface area (Å²) in [6, 6.07) is 3.67. The number of H-pyrrole nitrogens is 1. The molecule has 3 heterocycles. The average molecular weight is 440 g/mol. The summed E-state index contributed by atoms with van der Waals surface area (Å²) in [5, 5.41) is 8.89. The van der Waals surface area contributed by atoms with Crippen LogP contribution in [0.2, 0.25) is 0 Å². The molecule has 2 saturated heterocycles. The summed E-state index contributed by atoms with van der Waals surface area (Å²) >= 11 is 0. The lowest BCUT2D eigenvalue weighted by atomic mass is 10.0. The van der Waals surface area contributed by atoms with Gasteiger partial charge in [-0.1, -0.05) is 0 Å². The molecule has 1 aromatic rings. The molecule has 0 aliphatic carbocycles. The van der Waals surface area contributed by atoms with Crippen LogP contribution in [0.4, 0.5) is 0 Å². The monoisotopic (exact) mass is 440 g/mol. The number of hydrogen-bond acceptors (Lipinski definition) is 8. The largest absolute Gasteiger partial charge is 0.368 e. The van der Waals surface area contributed by atoms with Crippen LogP contribution in [0.1, 0.15) is 47.3 Å². The molecule has 2 aliphatic heterocycles. The summed E-state index contributed by atoms with van der Waals surface area (Å²) in [6.07, 6.45) is -0.0728. The van der Waals surface area contributed by atoms with Gasteiger partial charge in [0.2, 0.25) is 0 Å². The number of ether oxygens (including phenoxy) is 2. The van der Waals surface area contributed by atoms with E-state index in [1.807, 2.05) is 6.92 Å². The number of nitrogens with one attached hydrogen (secondary N) is 1.